The summed E-state index contributed by atoms with van der Waals surface area (Å²) in [5.74, 6) is -2.36. The fraction of sp³-hybridized carbons (Fsp3) is 0.579. The van der Waals surface area contributed by atoms with Gasteiger partial charge in [0.2, 0.25) is 11.8 Å². The monoisotopic (exact) mass is 403 g/mol. The first-order valence-electron chi connectivity index (χ1n) is 8.87. The summed E-state index contributed by atoms with van der Waals surface area (Å²) >= 11 is 0. The van der Waals surface area contributed by atoms with E-state index in [9.17, 15) is 18.4 Å². The zero-order valence-electron chi connectivity index (χ0n) is 15.9. The maximum Gasteiger partial charge on any atom is 0.239 e. The Kier molecular flexibility index (Phi) is 8.62. The molecule has 27 heavy (non-hydrogen) atoms. The van der Waals surface area contributed by atoms with Gasteiger partial charge in [-0.05, 0) is 36.1 Å². The summed E-state index contributed by atoms with van der Waals surface area (Å²) in [6.07, 6.45) is 1.04. The van der Waals surface area contributed by atoms with E-state index >= 15 is 0 Å². The van der Waals surface area contributed by atoms with Crippen LogP contribution in [0.15, 0.2) is 18.2 Å². The van der Waals surface area contributed by atoms with Crippen LogP contribution in [0.5, 0.6) is 0 Å². The van der Waals surface area contributed by atoms with Crippen molar-refractivity contribution in [3.05, 3.63) is 35.4 Å². The second-order valence-electron chi connectivity index (χ2n) is 7.96. The van der Waals surface area contributed by atoms with Crippen LogP contribution < -0.4 is 16.0 Å². The molecule has 1 aliphatic heterocycles. The van der Waals surface area contributed by atoms with Crippen LogP contribution in [0, 0.1) is 17.0 Å². The molecule has 1 heterocycles. The molecule has 1 fully saturated rings. The second kappa shape index (κ2) is 9.99. The van der Waals surface area contributed by atoms with Crippen molar-refractivity contribution in [2.75, 3.05) is 19.6 Å². The number of hydrogen-bond donors (Lipinski definition) is 3. The maximum absolute atomic E-state index is 13.5. The Balaban J connectivity index is 0.00000364. The molecule has 152 valence electrons. The number of rotatable bonds is 5. The Labute approximate surface area is 165 Å². The molecule has 0 saturated carbocycles. The van der Waals surface area contributed by atoms with Crippen molar-refractivity contribution < 1.29 is 18.4 Å². The standard InChI is InChI=1S/C19H27F2N3O2.ClH/c1-19(2,3)9-17(25)23-11-18(26)24-16-10-22-7-6-13(16)12-4-5-14(20)15(21)8-12;/h4-5,8,13,16,22H,6-7,9-11H2,1-3H3,(H,23,25)(H,24,26);1H. The number of piperidine rings is 1. The minimum absolute atomic E-state index is 0. The van der Waals surface area contributed by atoms with E-state index in [1.54, 1.807) is 6.07 Å². The van der Waals surface area contributed by atoms with Crippen LogP contribution in [0.4, 0.5) is 8.78 Å². The zero-order chi connectivity index (χ0) is 19.3. The van der Waals surface area contributed by atoms with Crippen LogP contribution >= 0.6 is 12.4 Å². The molecule has 0 aromatic heterocycles. The van der Waals surface area contributed by atoms with Crippen LogP contribution in [0.1, 0.15) is 45.1 Å². The predicted molar refractivity (Wildman–Crippen MR) is 103 cm³/mol. The minimum atomic E-state index is -0.888. The van der Waals surface area contributed by atoms with Gasteiger partial charge in [0.1, 0.15) is 0 Å². The van der Waals surface area contributed by atoms with Gasteiger partial charge in [0.05, 0.1) is 6.54 Å². The molecule has 2 rings (SSSR count). The molecule has 0 bridgehead atoms. The van der Waals surface area contributed by atoms with Crippen LogP contribution in [0.2, 0.25) is 0 Å². The number of halogens is 3. The molecule has 2 amide bonds. The van der Waals surface area contributed by atoms with Gasteiger partial charge in [-0.3, -0.25) is 9.59 Å². The third-order valence-corrected chi connectivity index (χ3v) is 4.34. The highest BCUT2D eigenvalue weighted by atomic mass is 35.5. The summed E-state index contributed by atoms with van der Waals surface area (Å²) < 4.78 is 26.7. The molecule has 2 atom stereocenters. The highest BCUT2D eigenvalue weighted by Crippen LogP contribution is 2.27. The molecule has 0 radical (unpaired) electrons. The zero-order valence-corrected chi connectivity index (χ0v) is 16.7. The fourth-order valence-corrected chi connectivity index (χ4v) is 3.13. The lowest BCUT2D eigenvalue weighted by Gasteiger charge is -2.33. The van der Waals surface area contributed by atoms with Crippen molar-refractivity contribution in [1.82, 2.24) is 16.0 Å². The lowest BCUT2D eigenvalue weighted by molar-refractivity contribution is -0.127. The summed E-state index contributed by atoms with van der Waals surface area (Å²) in [7, 11) is 0. The average molecular weight is 404 g/mol. The van der Waals surface area contributed by atoms with E-state index in [-0.39, 0.29) is 48.1 Å². The van der Waals surface area contributed by atoms with Gasteiger partial charge in [-0.2, -0.15) is 0 Å². The molecule has 3 N–H and O–H groups in total. The van der Waals surface area contributed by atoms with Crippen molar-refractivity contribution in [2.45, 2.75) is 45.6 Å². The maximum atomic E-state index is 13.5. The minimum Gasteiger partial charge on any atom is -0.350 e. The molecule has 5 nitrogen and oxygen atoms in total. The Morgan fingerprint density at radius 3 is 2.52 bits per heavy atom. The molecule has 0 spiro atoms. The van der Waals surface area contributed by atoms with Gasteiger partial charge < -0.3 is 16.0 Å². The largest absolute Gasteiger partial charge is 0.350 e. The SMILES string of the molecule is CC(C)(C)CC(=O)NCC(=O)NC1CNCCC1c1ccc(F)c(F)c1.Cl. The smallest absolute Gasteiger partial charge is 0.239 e. The number of carbonyl (C=O) groups is 2. The Morgan fingerprint density at radius 1 is 1.19 bits per heavy atom. The lowest BCUT2D eigenvalue weighted by atomic mass is 9.86. The first-order valence-corrected chi connectivity index (χ1v) is 8.87. The van der Waals surface area contributed by atoms with E-state index in [0.29, 0.717) is 24.9 Å². The van der Waals surface area contributed by atoms with Gasteiger partial charge in [-0.25, -0.2) is 8.78 Å². The van der Waals surface area contributed by atoms with Gasteiger partial charge in [-0.1, -0.05) is 26.8 Å². The van der Waals surface area contributed by atoms with Gasteiger partial charge in [0, 0.05) is 24.9 Å². The second-order valence-corrected chi connectivity index (χ2v) is 7.96. The number of benzene rings is 1. The van der Waals surface area contributed by atoms with Crippen molar-refractivity contribution in [1.29, 1.82) is 0 Å². The van der Waals surface area contributed by atoms with Crippen LogP contribution in [-0.2, 0) is 9.59 Å². The van der Waals surface area contributed by atoms with E-state index in [0.717, 1.165) is 12.6 Å². The normalized spacial score (nSPS) is 19.7. The highest BCUT2D eigenvalue weighted by Gasteiger charge is 2.28. The molecular formula is C19H28ClF2N3O2. The van der Waals surface area contributed by atoms with E-state index < -0.39 is 11.6 Å². The summed E-state index contributed by atoms with van der Waals surface area (Å²) in [4.78, 5) is 24.0. The molecule has 2 unspecified atom stereocenters. The van der Waals surface area contributed by atoms with E-state index in [4.69, 9.17) is 0 Å². The van der Waals surface area contributed by atoms with Gasteiger partial charge in [0.15, 0.2) is 11.6 Å². The molecule has 1 aromatic carbocycles. The number of hydrogen-bond acceptors (Lipinski definition) is 3. The average Bonchev–Trinajstić information content (AvgIpc) is 2.55. The van der Waals surface area contributed by atoms with Crippen LogP contribution in [0.25, 0.3) is 0 Å². The summed E-state index contributed by atoms with van der Waals surface area (Å²) in [5.41, 5.74) is 0.512. The Hall–Kier alpha value is -1.73. The topological polar surface area (TPSA) is 70.2 Å². The number of amides is 2. The molecule has 1 aliphatic rings. The quantitative estimate of drug-likeness (QED) is 0.707. The molecule has 1 saturated heterocycles. The van der Waals surface area contributed by atoms with Crippen molar-refractivity contribution in [3.8, 4) is 0 Å². The molecule has 1 aromatic rings. The van der Waals surface area contributed by atoms with Crippen LogP contribution in [-0.4, -0.2) is 37.5 Å². The Bertz CT molecular complexity index is 665. The fourth-order valence-electron chi connectivity index (χ4n) is 3.13. The summed E-state index contributed by atoms with van der Waals surface area (Å²) in [6, 6.07) is 3.60. The van der Waals surface area contributed by atoms with Gasteiger partial charge >= 0.3 is 0 Å². The molecule has 0 aliphatic carbocycles. The van der Waals surface area contributed by atoms with Gasteiger partial charge in [0.25, 0.3) is 0 Å². The number of carbonyl (C=O) groups excluding carboxylic acids is 2. The highest BCUT2D eigenvalue weighted by molar-refractivity contribution is 5.85. The predicted octanol–water partition coefficient (Wildman–Crippen LogP) is 2.50. The summed E-state index contributed by atoms with van der Waals surface area (Å²) in [6.45, 7) is 7.02. The van der Waals surface area contributed by atoms with Crippen molar-refractivity contribution >= 4 is 24.2 Å². The first-order chi connectivity index (χ1) is 12.2. The van der Waals surface area contributed by atoms with Crippen molar-refractivity contribution in [2.24, 2.45) is 5.41 Å². The number of nitrogens with one attached hydrogen (secondary N) is 3. The first kappa shape index (κ1) is 23.3. The van der Waals surface area contributed by atoms with Crippen LogP contribution in [0.3, 0.4) is 0 Å². The van der Waals surface area contributed by atoms with E-state index in [1.165, 1.54) is 6.07 Å². The third kappa shape index (κ3) is 7.42. The Morgan fingerprint density at radius 2 is 1.89 bits per heavy atom. The van der Waals surface area contributed by atoms with E-state index in [2.05, 4.69) is 16.0 Å². The molecule has 8 heteroatoms. The summed E-state index contributed by atoms with van der Waals surface area (Å²) in [5, 5.41) is 8.70. The third-order valence-electron chi connectivity index (χ3n) is 4.34. The van der Waals surface area contributed by atoms with E-state index in [1.807, 2.05) is 20.8 Å². The van der Waals surface area contributed by atoms with Gasteiger partial charge in [-0.15, -0.1) is 12.4 Å². The lowest BCUT2D eigenvalue weighted by Crippen LogP contribution is -2.52. The van der Waals surface area contributed by atoms with Crippen molar-refractivity contribution in [3.63, 3.8) is 0 Å². The molecular weight excluding hydrogens is 376 g/mol.